The lowest BCUT2D eigenvalue weighted by Crippen LogP contribution is -2.00. The fourth-order valence-electron chi connectivity index (χ4n) is 0.564. The maximum absolute atomic E-state index is 10.2. The van der Waals surface area contributed by atoms with Crippen LogP contribution in [0.15, 0.2) is 0 Å². The molecule has 3 heteroatoms. The highest BCUT2D eigenvalue weighted by atomic mass is 32.2. The molecule has 10 heavy (non-hydrogen) atoms. The van der Waals surface area contributed by atoms with E-state index in [0.29, 0.717) is 6.61 Å². The monoisotopic (exact) mass is 162 g/mol. The largest absolute Gasteiger partial charge is 0.466 e. The van der Waals surface area contributed by atoms with Gasteiger partial charge in [0.05, 0.1) is 6.61 Å². The van der Waals surface area contributed by atoms with E-state index in [4.69, 9.17) is 4.74 Å². The molecular weight excluding hydrogens is 148 g/mol. The summed E-state index contributed by atoms with van der Waals surface area (Å²) in [5.74, 6) is 0.977. The summed E-state index contributed by atoms with van der Waals surface area (Å²) in [7, 11) is 0. The molecule has 0 bridgehead atoms. The minimum Gasteiger partial charge on any atom is -0.466 e. The Morgan fingerprint density at radius 3 is 2.70 bits per heavy atom. The normalized spacial score (nSPS) is 9.40. The highest BCUT2D eigenvalue weighted by Crippen LogP contribution is 1.98. The minimum absolute atomic E-state index is 0.177. The van der Waals surface area contributed by atoms with Crippen LogP contribution in [0.25, 0.3) is 0 Å². The van der Waals surface area contributed by atoms with Gasteiger partial charge in [0.25, 0.3) is 0 Å². The first-order chi connectivity index (χ1) is 4.77. The lowest BCUT2D eigenvalue weighted by Gasteiger charge is -1.99. The molecule has 0 spiro atoms. The Bertz CT molecular complexity index is 93.6. The summed E-state index contributed by atoms with van der Waals surface area (Å²) in [6.07, 6.45) is 4.20. The topological polar surface area (TPSA) is 26.3 Å². The van der Waals surface area contributed by atoms with E-state index in [1.807, 2.05) is 11.8 Å². The van der Waals surface area contributed by atoms with Crippen LogP contribution in [-0.4, -0.2) is 24.6 Å². The molecule has 0 atom stereocenters. The molecule has 0 heterocycles. The third kappa shape index (κ3) is 7.82. The molecule has 0 unspecified atom stereocenters. The van der Waals surface area contributed by atoms with Crippen LogP contribution >= 0.6 is 11.8 Å². The van der Waals surface area contributed by atoms with Gasteiger partial charge >= 0.3 is 5.97 Å². The van der Waals surface area contributed by atoms with E-state index >= 15 is 0 Å². The van der Waals surface area contributed by atoms with Gasteiger partial charge in [-0.3, -0.25) is 4.79 Å². The van der Waals surface area contributed by atoms with Crippen molar-refractivity contribution in [3.05, 3.63) is 0 Å². The number of rotatable bonds is 5. The summed E-state index contributed by atoms with van der Waals surface area (Å²) in [4.78, 5) is 10.2. The summed E-state index contributed by atoms with van der Waals surface area (Å²) >= 11 is 1.82. The second kappa shape index (κ2) is 6.93. The standard InChI is InChI=1S/C7H14O2S/c1-7(8)9-5-3-4-6-10-2/h3-6H2,1-2H3. The molecule has 0 aliphatic heterocycles. The average molecular weight is 162 g/mol. The Morgan fingerprint density at radius 2 is 2.20 bits per heavy atom. The minimum atomic E-state index is -0.177. The van der Waals surface area contributed by atoms with Crippen LogP contribution in [0.5, 0.6) is 0 Å². The Hall–Kier alpha value is -0.180. The molecule has 0 aromatic rings. The van der Waals surface area contributed by atoms with Crippen LogP contribution in [0.2, 0.25) is 0 Å². The maximum Gasteiger partial charge on any atom is 0.302 e. The Balaban J connectivity index is 2.84. The van der Waals surface area contributed by atoms with Gasteiger partial charge in [0.2, 0.25) is 0 Å². The summed E-state index contributed by atoms with van der Waals surface area (Å²) in [5.41, 5.74) is 0. The molecule has 0 aliphatic carbocycles. The van der Waals surface area contributed by atoms with Gasteiger partial charge in [-0.15, -0.1) is 0 Å². The quantitative estimate of drug-likeness (QED) is 0.454. The first-order valence-corrected chi connectivity index (χ1v) is 4.79. The molecule has 0 aromatic carbocycles. The van der Waals surface area contributed by atoms with E-state index in [1.54, 1.807) is 0 Å². The number of thioether (sulfide) groups is 1. The molecule has 60 valence electrons. The zero-order chi connectivity index (χ0) is 7.82. The van der Waals surface area contributed by atoms with Crippen molar-refractivity contribution < 1.29 is 9.53 Å². The third-order valence-electron chi connectivity index (χ3n) is 1.05. The molecule has 0 fully saturated rings. The first kappa shape index (κ1) is 9.82. The van der Waals surface area contributed by atoms with Crippen molar-refractivity contribution in [3.63, 3.8) is 0 Å². The smallest absolute Gasteiger partial charge is 0.302 e. The van der Waals surface area contributed by atoms with E-state index < -0.39 is 0 Å². The fraction of sp³-hybridized carbons (Fsp3) is 0.857. The van der Waals surface area contributed by atoms with E-state index in [9.17, 15) is 4.79 Å². The molecule has 0 amide bonds. The van der Waals surface area contributed by atoms with E-state index in [2.05, 4.69) is 6.26 Å². The van der Waals surface area contributed by atoms with Crippen molar-refractivity contribution >= 4 is 17.7 Å². The van der Waals surface area contributed by atoms with Crippen molar-refractivity contribution in [1.29, 1.82) is 0 Å². The van der Waals surface area contributed by atoms with Gasteiger partial charge in [-0.1, -0.05) is 0 Å². The molecule has 0 aliphatic rings. The number of carbonyl (C=O) groups excluding carboxylic acids is 1. The Kier molecular flexibility index (Phi) is 6.81. The van der Waals surface area contributed by atoms with Crippen LogP contribution < -0.4 is 0 Å². The van der Waals surface area contributed by atoms with E-state index in [0.717, 1.165) is 18.6 Å². The van der Waals surface area contributed by atoms with Gasteiger partial charge in [0.1, 0.15) is 0 Å². The van der Waals surface area contributed by atoms with Crippen molar-refractivity contribution in [2.75, 3.05) is 18.6 Å². The number of unbranched alkanes of at least 4 members (excludes halogenated alkanes) is 1. The molecule has 0 N–H and O–H groups in total. The number of hydrogen-bond donors (Lipinski definition) is 0. The van der Waals surface area contributed by atoms with Crippen molar-refractivity contribution in [2.45, 2.75) is 19.8 Å². The lowest BCUT2D eigenvalue weighted by molar-refractivity contribution is -0.141. The Labute approximate surface area is 66.3 Å². The predicted octanol–water partition coefficient (Wildman–Crippen LogP) is 1.69. The van der Waals surface area contributed by atoms with Gasteiger partial charge in [0.15, 0.2) is 0 Å². The molecule has 0 radical (unpaired) electrons. The van der Waals surface area contributed by atoms with Gasteiger partial charge < -0.3 is 4.74 Å². The molecule has 0 saturated carbocycles. The second-order valence-electron chi connectivity index (χ2n) is 2.04. The first-order valence-electron chi connectivity index (χ1n) is 3.39. The molecule has 0 aromatic heterocycles. The third-order valence-corrected chi connectivity index (χ3v) is 1.75. The van der Waals surface area contributed by atoms with Crippen LogP contribution in [0, 0.1) is 0 Å². The average Bonchev–Trinajstić information content (AvgIpc) is 1.87. The van der Waals surface area contributed by atoms with Crippen LogP contribution in [0.3, 0.4) is 0 Å². The van der Waals surface area contributed by atoms with Crippen LogP contribution in [-0.2, 0) is 9.53 Å². The van der Waals surface area contributed by atoms with E-state index in [1.165, 1.54) is 6.92 Å². The number of ether oxygens (including phenoxy) is 1. The highest BCUT2D eigenvalue weighted by molar-refractivity contribution is 7.98. The lowest BCUT2D eigenvalue weighted by atomic mass is 10.4. The Morgan fingerprint density at radius 1 is 1.50 bits per heavy atom. The van der Waals surface area contributed by atoms with Crippen molar-refractivity contribution in [1.82, 2.24) is 0 Å². The fourth-order valence-corrected chi connectivity index (χ4v) is 1.06. The number of hydrogen-bond acceptors (Lipinski definition) is 3. The summed E-state index contributed by atoms with van der Waals surface area (Å²) in [5, 5.41) is 0. The molecular formula is C7H14O2S. The number of esters is 1. The second-order valence-corrected chi connectivity index (χ2v) is 3.03. The zero-order valence-corrected chi connectivity index (χ0v) is 7.37. The SMILES string of the molecule is CSCCCCOC(C)=O. The summed E-state index contributed by atoms with van der Waals surface area (Å²) in [6.45, 7) is 2.02. The summed E-state index contributed by atoms with van der Waals surface area (Å²) in [6, 6.07) is 0. The highest BCUT2D eigenvalue weighted by Gasteiger charge is 1.91. The maximum atomic E-state index is 10.2. The summed E-state index contributed by atoms with van der Waals surface area (Å²) < 4.78 is 4.74. The molecule has 2 nitrogen and oxygen atoms in total. The van der Waals surface area contributed by atoms with Crippen molar-refractivity contribution in [3.8, 4) is 0 Å². The van der Waals surface area contributed by atoms with Gasteiger partial charge in [0, 0.05) is 6.92 Å². The van der Waals surface area contributed by atoms with Crippen molar-refractivity contribution in [2.24, 2.45) is 0 Å². The van der Waals surface area contributed by atoms with Crippen LogP contribution in [0.4, 0.5) is 0 Å². The molecule has 0 rings (SSSR count). The zero-order valence-electron chi connectivity index (χ0n) is 6.55. The molecule has 0 saturated heterocycles. The van der Waals surface area contributed by atoms with E-state index in [-0.39, 0.29) is 5.97 Å². The predicted molar refractivity (Wildman–Crippen MR) is 44.2 cm³/mol. The van der Waals surface area contributed by atoms with Gasteiger partial charge in [-0.05, 0) is 24.9 Å². The van der Waals surface area contributed by atoms with Gasteiger partial charge in [-0.25, -0.2) is 0 Å². The number of carbonyl (C=O) groups is 1. The van der Waals surface area contributed by atoms with Gasteiger partial charge in [-0.2, -0.15) is 11.8 Å². The van der Waals surface area contributed by atoms with Crippen LogP contribution in [0.1, 0.15) is 19.8 Å².